The predicted octanol–water partition coefficient (Wildman–Crippen LogP) is 5.02. The van der Waals surface area contributed by atoms with Gasteiger partial charge in [-0.05, 0) is 50.2 Å². The first-order valence-electron chi connectivity index (χ1n) is 10.7. The second-order valence-electron chi connectivity index (χ2n) is 7.81. The third kappa shape index (κ3) is 5.78. The van der Waals surface area contributed by atoms with Crippen molar-refractivity contribution in [3.05, 3.63) is 83.9 Å². The van der Waals surface area contributed by atoms with Crippen molar-refractivity contribution in [1.82, 2.24) is 10.3 Å². The summed E-state index contributed by atoms with van der Waals surface area (Å²) in [6, 6.07) is 21.7. The maximum absolute atomic E-state index is 13.4. The average Bonchev–Trinajstić information content (AvgIpc) is 3.24. The first kappa shape index (κ1) is 24.3. The Hall–Kier alpha value is -2.88. The van der Waals surface area contributed by atoms with Gasteiger partial charge in [0.05, 0.1) is 20.8 Å². The number of nitrogens with one attached hydrogen (secondary N) is 1. The molecule has 0 atom stereocenters. The molecule has 0 saturated heterocycles. The van der Waals surface area contributed by atoms with Crippen LogP contribution in [0, 0.1) is 13.8 Å². The highest BCUT2D eigenvalue weighted by molar-refractivity contribution is 8.01. The van der Waals surface area contributed by atoms with Crippen molar-refractivity contribution < 1.29 is 13.2 Å². The number of nitrogens with zero attached hydrogens (tertiary/aromatic N) is 2. The van der Waals surface area contributed by atoms with Crippen LogP contribution in [0.4, 0.5) is 5.69 Å². The number of sulfonamides is 1. The molecule has 0 unspecified atom stereocenters. The maximum Gasteiger partial charge on any atom is 0.264 e. The lowest BCUT2D eigenvalue weighted by atomic mass is 10.2. The quantitative estimate of drug-likeness (QED) is 0.252. The van der Waals surface area contributed by atoms with E-state index in [2.05, 4.69) is 10.3 Å². The van der Waals surface area contributed by atoms with Gasteiger partial charge in [0, 0.05) is 12.3 Å². The van der Waals surface area contributed by atoms with Gasteiger partial charge in [0.15, 0.2) is 4.34 Å². The summed E-state index contributed by atoms with van der Waals surface area (Å²) in [6.45, 7) is 3.93. The SMILES string of the molecule is Cc1ccc(N(CC(=O)NCCSc2nc3ccccc3s2)S(=O)(=O)c2ccc(C)cc2)cc1. The number of rotatable bonds is 9. The van der Waals surface area contributed by atoms with Crippen molar-refractivity contribution >= 4 is 54.9 Å². The molecule has 0 saturated carbocycles. The third-order valence-electron chi connectivity index (χ3n) is 5.14. The van der Waals surface area contributed by atoms with Crippen molar-refractivity contribution in [3.63, 3.8) is 0 Å². The number of carbonyl (C=O) groups excluding carboxylic acids is 1. The van der Waals surface area contributed by atoms with Crippen LogP contribution in [0.2, 0.25) is 0 Å². The van der Waals surface area contributed by atoms with Crippen LogP contribution in [0.1, 0.15) is 11.1 Å². The molecule has 1 N–H and O–H groups in total. The molecule has 0 fully saturated rings. The van der Waals surface area contributed by atoms with Gasteiger partial charge in [-0.25, -0.2) is 13.4 Å². The Labute approximate surface area is 208 Å². The number of amides is 1. The Morgan fingerprint density at radius 3 is 2.29 bits per heavy atom. The molecule has 1 aromatic heterocycles. The molecule has 0 aliphatic rings. The van der Waals surface area contributed by atoms with Crippen molar-refractivity contribution in [2.24, 2.45) is 0 Å². The minimum absolute atomic E-state index is 0.151. The first-order valence-corrected chi connectivity index (χ1v) is 14.0. The summed E-state index contributed by atoms with van der Waals surface area (Å²) in [5.41, 5.74) is 3.39. The lowest BCUT2D eigenvalue weighted by molar-refractivity contribution is -0.119. The van der Waals surface area contributed by atoms with E-state index in [0.717, 1.165) is 30.0 Å². The zero-order valence-corrected chi connectivity index (χ0v) is 21.3. The molecule has 0 spiro atoms. The highest BCUT2D eigenvalue weighted by atomic mass is 32.2. The first-order chi connectivity index (χ1) is 16.3. The molecule has 1 amide bonds. The Balaban J connectivity index is 1.42. The predicted molar refractivity (Wildman–Crippen MR) is 140 cm³/mol. The zero-order chi connectivity index (χ0) is 24.1. The standard InChI is InChI=1S/C25H25N3O3S3/c1-18-7-11-20(12-8-18)28(34(30,31)21-13-9-19(2)10-14-21)17-24(29)26-15-16-32-25-27-22-5-3-4-6-23(22)33-25/h3-14H,15-17H2,1-2H3,(H,26,29). The Morgan fingerprint density at radius 2 is 1.62 bits per heavy atom. The lowest BCUT2D eigenvalue weighted by Crippen LogP contribution is -2.41. The van der Waals surface area contributed by atoms with Crippen molar-refractivity contribution in [1.29, 1.82) is 0 Å². The highest BCUT2D eigenvalue weighted by Crippen LogP contribution is 2.29. The number of carbonyl (C=O) groups is 1. The van der Waals surface area contributed by atoms with Crippen LogP contribution in [0.3, 0.4) is 0 Å². The van der Waals surface area contributed by atoms with Crippen LogP contribution in [0.25, 0.3) is 10.2 Å². The van der Waals surface area contributed by atoms with Gasteiger partial charge >= 0.3 is 0 Å². The van der Waals surface area contributed by atoms with Gasteiger partial charge < -0.3 is 5.32 Å². The molecule has 1 heterocycles. The van der Waals surface area contributed by atoms with Crippen molar-refractivity contribution in [3.8, 4) is 0 Å². The number of aryl methyl sites for hydroxylation is 2. The van der Waals surface area contributed by atoms with E-state index in [1.807, 2.05) is 50.2 Å². The summed E-state index contributed by atoms with van der Waals surface area (Å²) in [6.07, 6.45) is 0. The minimum atomic E-state index is -3.91. The molecule has 4 rings (SSSR count). The van der Waals surface area contributed by atoms with Crippen LogP contribution in [0.5, 0.6) is 0 Å². The highest BCUT2D eigenvalue weighted by Gasteiger charge is 2.27. The number of para-hydroxylation sites is 1. The smallest absolute Gasteiger partial charge is 0.264 e. The van der Waals surface area contributed by atoms with E-state index in [9.17, 15) is 13.2 Å². The number of anilines is 1. The molecular weight excluding hydrogens is 486 g/mol. The van der Waals surface area contributed by atoms with Gasteiger partial charge in [-0.1, -0.05) is 59.3 Å². The lowest BCUT2D eigenvalue weighted by Gasteiger charge is -2.24. The van der Waals surface area contributed by atoms with E-state index in [0.29, 0.717) is 18.0 Å². The Kier molecular flexibility index (Phi) is 7.55. The van der Waals surface area contributed by atoms with Crippen LogP contribution in [0.15, 0.2) is 82.0 Å². The molecule has 4 aromatic rings. The Morgan fingerprint density at radius 1 is 0.971 bits per heavy atom. The largest absolute Gasteiger partial charge is 0.354 e. The third-order valence-corrected chi connectivity index (χ3v) is 9.11. The molecule has 0 aliphatic carbocycles. The molecular formula is C25H25N3O3S3. The summed E-state index contributed by atoms with van der Waals surface area (Å²) in [7, 11) is -3.91. The van der Waals surface area contributed by atoms with Crippen LogP contribution in [-0.2, 0) is 14.8 Å². The summed E-state index contributed by atoms with van der Waals surface area (Å²) < 4.78 is 30.0. The van der Waals surface area contributed by atoms with Crippen LogP contribution in [-0.4, -0.2) is 38.2 Å². The molecule has 3 aromatic carbocycles. The molecule has 0 aliphatic heterocycles. The second kappa shape index (κ2) is 10.6. The van der Waals surface area contributed by atoms with E-state index >= 15 is 0 Å². The summed E-state index contributed by atoms with van der Waals surface area (Å²) in [5.74, 6) is 0.280. The van der Waals surface area contributed by atoms with Gasteiger partial charge in [0.2, 0.25) is 5.91 Å². The van der Waals surface area contributed by atoms with Gasteiger partial charge in [-0.15, -0.1) is 11.3 Å². The zero-order valence-electron chi connectivity index (χ0n) is 18.9. The number of hydrogen-bond donors (Lipinski definition) is 1. The van der Waals surface area contributed by atoms with Gasteiger partial charge in [0.1, 0.15) is 6.54 Å². The van der Waals surface area contributed by atoms with Crippen molar-refractivity contribution in [2.45, 2.75) is 23.1 Å². The fourth-order valence-corrected chi connectivity index (χ4v) is 6.71. The number of fused-ring (bicyclic) bond motifs is 1. The van der Waals surface area contributed by atoms with E-state index in [-0.39, 0.29) is 17.3 Å². The van der Waals surface area contributed by atoms with E-state index < -0.39 is 10.0 Å². The number of benzene rings is 3. The van der Waals surface area contributed by atoms with E-state index in [1.165, 1.54) is 0 Å². The fraction of sp³-hybridized carbons (Fsp3) is 0.200. The normalized spacial score (nSPS) is 11.5. The number of hydrogen-bond acceptors (Lipinski definition) is 6. The topological polar surface area (TPSA) is 79.4 Å². The van der Waals surface area contributed by atoms with E-state index in [4.69, 9.17) is 0 Å². The minimum Gasteiger partial charge on any atom is -0.354 e. The number of thiazole rings is 1. The van der Waals surface area contributed by atoms with E-state index in [1.54, 1.807) is 59.5 Å². The van der Waals surface area contributed by atoms with Gasteiger partial charge in [-0.3, -0.25) is 9.10 Å². The second-order valence-corrected chi connectivity index (χ2v) is 12.0. The monoisotopic (exact) mass is 511 g/mol. The summed E-state index contributed by atoms with van der Waals surface area (Å²) >= 11 is 3.19. The summed E-state index contributed by atoms with van der Waals surface area (Å²) in [5, 5.41) is 2.84. The molecule has 9 heteroatoms. The molecule has 0 bridgehead atoms. The van der Waals surface area contributed by atoms with Gasteiger partial charge in [-0.2, -0.15) is 0 Å². The molecule has 34 heavy (non-hydrogen) atoms. The maximum atomic E-state index is 13.4. The van der Waals surface area contributed by atoms with Crippen molar-refractivity contribution in [2.75, 3.05) is 23.1 Å². The molecule has 176 valence electrons. The summed E-state index contributed by atoms with van der Waals surface area (Å²) in [4.78, 5) is 17.5. The van der Waals surface area contributed by atoms with Gasteiger partial charge in [0.25, 0.3) is 10.0 Å². The van der Waals surface area contributed by atoms with Crippen LogP contribution < -0.4 is 9.62 Å². The number of aromatic nitrogens is 1. The number of thioether (sulfide) groups is 1. The molecule has 0 radical (unpaired) electrons. The van der Waals surface area contributed by atoms with Crippen LogP contribution >= 0.6 is 23.1 Å². The fourth-order valence-electron chi connectivity index (χ4n) is 3.29. The average molecular weight is 512 g/mol. The molecule has 6 nitrogen and oxygen atoms in total. The Bertz CT molecular complexity index is 1350.